The first-order valence-corrected chi connectivity index (χ1v) is 7.37. The summed E-state index contributed by atoms with van der Waals surface area (Å²) in [7, 11) is 0. The topological polar surface area (TPSA) is 29.3 Å². The van der Waals surface area contributed by atoms with Crippen molar-refractivity contribution in [3.63, 3.8) is 0 Å². The first kappa shape index (κ1) is 12.7. The lowest BCUT2D eigenvalue weighted by Gasteiger charge is -2.20. The molecule has 2 aromatic rings. The Morgan fingerprint density at radius 3 is 2.32 bits per heavy atom. The maximum absolute atomic E-state index is 5.60. The molecule has 0 spiro atoms. The maximum Gasteiger partial charge on any atom is 0.0516 e. The van der Waals surface area contributed by atoms with Gasteiger partial charge in [0.1, 0.15) is 0 Å². The van der Waals surface area contributed by atoms with Crippen molar-refractivity contribution in [2.24, 2.45) is 5.73 Å². The summed E-state index contributed by atoms with van der Waals surface area (Å²) in [4.78, 5) is 2.40. The van der Waals surface area contributed by atoms with Gasteiger partial charge in [0, 0.05) is 17.6 Å². The summed E-state index contributed by atoms with van der Waals surface area (Å²) in [5.74, 6) is 0. The monoisotopic (exact) mass is 316 g/mol. The molecule has 19 heavy (non-hydrogen) atoms. The second kappa shape index (κ2) is 5.35. The summed E-state index contributed by atoms with van der Waals surface area (Å²) in [6, 6.07) is 15.2. The Kier molecular flexibility index (Phi) is 3.58. The molecule has 3 heteroatoms. The maximum atomic E-state index is 5.60. The van der Waals surface area contributed by atoms with Crippen LogP contribution in [-0.2, 0) is 19.5 Å². The Hall–Kier alpha value is -1.32. The van der Waals surface area contributed by atoms with E-state index in [0.29, 0.717) is 6.54 Å². The smallest absolute Gasteiger partial charge is 0.0516 e. The van der Waals surface area contributed by atoms with Crippen LogP contribution >= 0.6 is 15.9 Å². The lowest BCUT2D eigenvalue weighted by Crippen LogP contribution is -2.15. The van der Waals surface area contributed by atoms with Crippen molar-refractivity contribution in [2.75, 3.05) is 11.4 Å². The molecule has 1 heterocycles. The lowest BCUT2D eigenvalue weighted by atomic mass is 10.1. The highest BCUT2D eigenvalue weighted by molar-refractivity contribution is 9.10. The molecule has 1 aliphatic heterocycles. The minimum absolute atomic E-state index is 0.695. The number of anilines is 1. The Morgan fingerprint density at radius 2 is 1.74 bits per heavy atom. The summed E-state index contributed by atoms with van der Waals surface area (Å²) in [6.45, 7) is 2.68. The Bertz CT molecular complexity index is 570. The molecule has 0 amide bonds. The van der Waals surface area contributed by atoms with Gasteiger partial charge in [-0.1, -0.05) is 30.3 Å². The summed E-state index contributed by atoms with van der Waals surface area (Å²) in [6.07, 6.45) is 0.930. The Morgan fingerprint density at radius 1 is 1.05 bits per heavy atom. The molecule has 0 unspecified atom stereocenters. The van der Waals surface area contributed by atoms with E-state index in [0.717, 1.165) is 24.0 Å². The fourth-order valence-corrected chi connectivity index (χ4v) is 3.31. The van der Waals surface area contributed by atoms with Crippen LogP contribution < -0.4 is 10.6 Å². The normalized spacial score (nSPS) is 13.7. The summed E-state index contributed by atoms with van der Waals surface area (Å²) in [5.41, 5.74) is 11.0. The van der Waals surface area contributed by atoms with Gasteiger partial charge in [-0.25, -0.2) is 0 Å². The van der Waals surface area contributed by atoms with Crippen LogP contribution in [0, 0.1) is 0 Å². The molecule has 0 radical (unpaired) electrons. The second-order valence-corrected chi connectivity index (χ2v) is 5.80. The van der Waals surface area contributed by atoms with E-state index in [4.69, 9.17) is 5.73 Å². The van der Waals surface area contributed by atoms with Gasteiger partial charge in [0.05, 0.1) is 5.69 Å². The van der Waals surface area contributed by atoms with Gasteiger partial charge in [-0.05, 0) is 57.7 Å². The predicted octanol–water partition coefficient (Wildman–Crippen LogP) is 3.47. The predicted molar refractivity (Wildman–Crippen MR) is 83.2 cm³/mol. The second-order valence-electron chi connectivity index (χ2n) is 4.95. The summed E-state index contributed by atoms with van der Waals surface area (Å²) in [5, 5.41) is 0. The molecule has 0 aliphatic carbocycles. The van der Waals surface area contributed by atoms with Crippen molar-refractivity contribution >= 4 is 21.6 Å². The van der Waals surface area contributed by atoms with E-state index in [2.05, 4.69) is 63.3 Å². The van der Waals surface area contributed by atoms with Crippen molar-refractivity contribution in [3.05, 3.63) is 63.6 Å². The van der Waals surface area contributed by atoms with Crippen molar-refractivity contribution in [2.45, 2.75) is 19.5 Å². The van der Waals surface area contributed by atoms with Crippen LogP contribution in [0.4, 0.5) is 5.69 Å². The van der Waals surface area contributed by atoms with Crippen LogP contribution in [0.1, 0.15) is 16.7 Å². The minimum Gasteiger partial charge on any atom is -0.362 e. The number of benzene rings is 2. The molecule has 0 bridgehead atoms. The largest absolute Gasteiger partial charge is 0.362 e. The van der Waals surface area contributed by atoms with E-state index < -0.39 is 0 Å². The molecular formula is C16H17BrN2. The molecule has 0 aromatic heterocycles. The number of nitrogens with zero attached hydrogens (tertiary/aromatic N) is 1. The molecular weight excluding hydrogens is 300 g/mol. The molecule has 0 atom stereocenters. The Labute approximate surface area is 122 Å². The molecule has 0 saturated carbocycles. The van der Waals surface area contributed by atoms with E-state index in [1.54, 1.807) is 0 Å². The molecule has 0 fully saturated rings. The zero-order valence-electron chi connectivity index (χ0n) is 10.8. The van der Waals surface area contributed by atoms with Gasteiger partial charge >= 0.3 is 0 Å². The molecule has 3 rings (SSSR count). The molecule has 2 aromatic carbocycles. The average Bonchev–Trinajstić information content (AvgIpc) is 2.82. The molecule has 1 aliphatic rings. The van der Waals surface area contributed by atoms with Crippen LogP contribution in [0.15, 0.2) is 46.9 Å². The van der Waals surface area contributed by atoms with Crippen LogP contribution in [0.3, 0.4) is 0 Å². The van der Waals surface area contributed by atoms with Gasteiger partial charge < -0.3 is 10.6 Å². The third-order valence-corrected chi connectivity index (χ3v) is 4.26. The number of hydrogen-bond donors (Lipinski definition) is 1. The first-order chi connectivity index (χ1) is 9.28. The van der Waals surface area contributed by atoms with Crippen LogP contribution in [0.25, 0.3) is 0 Å². The number of fused-ring (bicyclic) bond motifs is 1. The molecule has 2 N–H and O–H groups in total. The molecule has 98 valence electrons. The highest BCUT2D eigenvalue weighted by Crippen LogP contribution is 2.33. The highest BCUT2D eigenvalue weighted by atomic mass is 79.9. The highest BCUT2D eigenvalue weighted by Gasteiger charge is 2.20. The van der Waals surface area contributed by atoms with E-state index >= 15 is 0 Å². The average molecular weight is 317 g/mol. The van der Waals surface area contributed by atoms with Gasteiger partial charge in [0.2, 0.25) is 0 Å². The van der Waals surface area contributed by atoms with Gasteiger partial charge in [-0.3, -0.25) is 0 Å². The van der Waals surface area contributed by atoms with Crippen molar-refractivity contribution in [1.82, 2.24) is 0 Å². The minimum atomic E-state index is 0.695. The third-order valence-electron chi connectivity index (χ3n) is 3.63. The summed E-state index contributed by atoms with van der Waals surface area (Å²) < 4.78 is 1.16. The van der Waals surface area contributed by atoms with Crippen molar-refractivity contribution in [3.8, 4) is 0 Å². The fourth-order valence-electron chi connectivity index (χ4n) is 2.63. The fraction of sp³-hybridized carbons (Fsp3) is 0.250. The van der Waals surface area contributed by atoms with Crippen molar-refractivity contribution < 1.29 is 0 Å². The van der Waals surface area contributed by atoms with Crippen LogP contribution in [0.2, 0.25) is 0 Å². The number of rotatable bonds is 3. The molecule has 0 saturated heterocycles. The lowest BCUT2D eigenvalue weighted by molar-refractivity contribution is 0.875. The van der Waals surface area contributed by atoms with Crippen molar-refractivity contribution in [1.29, 1.82) is 0 Å². The number of halogens is 1. The first-order valence-electron chi connectivity index (χ1n) is 6.58. The van der Waals surface area contributed by atoms with Gasteiger partial charge in [0.25, 0.3) is 0 Å². The zero-order valence-corrected chi connectivity index (χ0v) is 12.4. The molecule has 2 nitrogen and oxygen atoms in total. The van der Waals surface area contributed by atoms with Crippen LogP contribution in [0.5, 0.6) is 0 Å². The van der Waals surface area contributed by atoms with E-state index in [1.165, 1.54) is 22.4 Å². The van der Waals surface area contributed by atoms with E-state index in [-0.39, 0.29) is 0 Å². The van der Waals surface area contributed by atoms with E-state index in [1.807, 2.05) is 0 Å². The van der Waals surface area contributed by atoms with Gasteiger partial charge in [-0.15, -0.1) is 0 Å². The quantitative estimate of drug-likeness (QED) is 0.939. The van der Waals surface area contributed by atoms with Crippen LogP contribution in [-0.4, -0.2) is 6.54 Å². The standard InChI is InChI=1S/C16H17BrN2/c17-15-9-12(7-8-18)5-6-16(15)19-10-13-3-1-2-4-14(13)11-19/h1-6,9H,7-8,10-11,18H2. The SMILES string of the molecule is NCCc1ccc(N2Cc3ccccc3C2)c(Br)c1. The van der Waals surface area contributed by atoms with Gasteiger partial charge in [0.15, 0.2) is 0 Å². The summed E-state index contributed by atoms with van der Waals surface area (Å²) >= 11 is 3.69. The van der Waals surface area contributed by atoms with E-state index in [9.17, 15) is 0 Å². The van der Waals surface area contributed by atoms with Gasteiger partial charge in [-0.2, -0.15) is 0 Å². The zero-order chi connectivity index (χ0) is 13.2. The Balaban J connectivity index is 1.85. The number of hydrogen-bond acceptors (Lipinski definition) is 2. The third kappa shape index (κ3) is 2.53. The number of nitrogens with two attached hydrogens (primary N) is 1.